The molecule has 0 spiro atoms. The highest BCUT2D eigenvalue weighted by atomic mass is 16.5. The molecule has 1 unspecified atom stereocenters. The summed E-state index contributed by atoms with van der Waals surface area (Å²) < 4.78 is 10.2. The molecule has 0 radical (unpaired) electrons. The van der Waals surface area contributed by atoms with Crippen molar-refractivity contribution in [3.8, 4) is 0 Å². The standard InChI is InChI=1S/C16H30N4O3/c1-4-17-16(18-8-10-20(2)9-6-11-22-3)19-13-14(21)15-7-5-12-23-15/h5,7,12,14,21H,4,6,8-11,13H2,1-3H3,(H2,17,18,19). The lowest BCUT2D eigenvalue weighted by atomic mass is 10.3. The Kier molecular flexibility index (Phi) is 10.1. The lowest BCUT2D eigenvalue weighted by molar-refractivity contribution is 0.158. The number of nitrogens with zero attached hydrogens (tertiary/aromatic N) is 2. The number of methoxy groups -OCH3 is 1. The lowest BCUT2D eigenvalue weighted by Gasteiger charge is -2.18. The van der Waals surface area contributed by atoms with Crippen LogP contribution in [0.3, 0.4) is 0 Å². The van der Waals surface area contributed by atoms with Gasteiger partial charge in [0.1, 0.15) is 11.9 Å². The molecule has 0 aromatic carbocycles. The van der Waals surface area contributed by atoms with Gasteiger partial charge in [-0.1, -0.05) is 0 Å². The van der Waals surface area contributed by atoms with E-state index < -0.39 is 6.10 Å². The number of ether oxygens (including phenoxy) is 1. The molecule has 1 rings (SSSR count). The van der Waals surface area contributed by atoms with E-state index in [0.29, 0.717) is 11.7 Å². The molecule has 0 aliphatic carbocycles. The van der Waals surface area contributed by atoms with E-state index in [9.17, 15) is 5.11 Å². The van der Waals surface area contributed by atoms with Gasteiger partial charge in [0.15, 0.2) is 5.96 Å². The maximum absolute atomic E-state index is 9.98. The maximum Gasteiger partial charge on any atom is 0.191 e. The third-order valence-corrected chi connectivity index (χ3v) is 3.31. The number of aliphatic hydroxyl groups is 1. The number of hydrogen-bond donors (Lipinski definition) is 3. The highest BCUT2D eigenvalue weighted by Crippen LogP contribution is 2.12. The lowest BCUT2D eigenvalue weighted by Crippen LogP contribution is -2.41. The van der Waals surface area contributed by atoms with Crippen LogP contribution in [0.15, 0.2) is 27.8 Å². The second kappa shape index (κ2) is 11.9. The van der Waals surface area contributed by atoms with E-state index in [-0.39, 0.29) is 6.54 Å². The van der Waals surface area contributed by atoms with Crippen molar-refractivity contribution < 1.29 is 14.3 Å². The molecule has 1 aromatic rings. The first kappa shape index (κ1) is 19.5. The Labute approximate surface area is 138 Å². The highest BCUT2D eigenvalue weighted by Gasteiger charge is 2.10. The number of aliphatic hydroxyl groups excluding tert-OH is 1. The minimum absolute atomic E-state index is 0.256. The first-order chi connectivity index (χ1) is 11.2. The van der Waals surface area contributed by atoms with E-state index in [1.807, 2.05) is 6.92 Å². The van der Waals surface area contributed by atoms with Crippen molar-refractivity contribution in [1.29, 1.82) is 0 Å². The fourth-order valence-corrected chi connectivity index (χ4v) is 2.05. The smallest absolute Gasteiger partial charge is 0.191 e. The summed E-state index contributed by atoms with van der Waals surface area (Å²) in [6, 6.07) is 3.50. The number of hydrogen-bond acceptors (Lipinski definition) is 5. The normalized spacial score (nSPS) is 13.3. The molecule has 3 N–H and O–H groups in total. The fourth-order valence-electron chi connectivity index (χ4n) is 2.05. The van der Waals surface area contributed by atoms with Crippen LogP contribution in [-0.4, -0.2) is 69.5 Å². The maximum atomic E-state index is 9.98. The minimum atomic E-state index is -0.725. The summed E-state index contributed by atoms with van der Waals surface area (Å²) in [6.45, 7) is 6.52. The van der Waals surface area contributed by atoms with Crippen LogP contribution in [0.5, 0.6) is 0 Å². The van der Waals surface area contributed by atoms with Gasteiger partial charge in [-0.25, -0.2) is 0 Å². The van der Waals surface area contributed by atoms with E-state index in [0.717, 1.165) is 39.2 Å². The zero-order valence-corrected chi connectivity index (χ0v) is 14.4. The van der Waals surface area contributed by atoms with Crippen LogP contribution in [0.4, 0.5) is 0 Å². The van der Waals surface area contributed by atoms with Crippen molar-refractivity contribution in [1.82, 2.24) is 15.5 Å². The number of nitrogens with one attached hydrogen (secondary N) is 2. The Morgan fingerprint density at radius 2 is 2.26 bits per heavy atom. The quantitative estimate of drug-likeness (QED) is 0.317. The van der Waals surface area contributed by atoms with Crippen LogP contribution in [-0.2, 0) is 4.74 Å². The summed E-state index contributed by atoms with van der Waals surface area (Å²) in [6.07, 6.45) is 1.85. The molecule has 1 heterocycles. The molecule has 0 saturated carbocycles. The molecule has 7 heteroatoms. The second-order valence-electron chi connectivity index (χ2n) is 5.33. The molecule has 0 amide bonds. The molecule has 1 aromatic heterocycles. The van der Waals surface area contributed by atoms with Gasteiger partial charge in [-0.05, 0) is 32.5 Å². The van der Waals surface area contributed by atoms with Crippen LogP contribution < -0.4 is 10.6 Å². The zero-order chi connectivity index (χ0) is 16.9. The van der Waals surface area contributed by atoms with E-state index >= 15 is 0 Å². The van der Waals surface area contributed by atoms with E-state index in [4.69, 9.17) is 9.15 Å². The number of rotatable bonds is 11. The molecule has 1 atom stereocenters. The SMILES string of the molecule is CCNC(=NCC(O)c1ccco1)NCCN(C)CCCOC. The van der Waals surface area contributed by atoms with Gasteiger partial charge in [0.2, 0.25) is 0 Å². The van der Waals surface area contributed by atoms with E-state index in [1.165, 1.54) is 0 Å². The first-order valence-corrected chi connectivity index (χ1v) is 8.08. The summed E-state index contributed by atoms with van der Waals surface area (Å²) in [5.74, 6) is 1.23. The summed E-state index contributed by atoms with van der Waals surface area (Å²) in [4.78, 5) is 6.63. The Morgan fingerprint density at radius 1 is 1.43 bits per heavy atom. The van der Waals surface area contributed by atoms with Crippen molar-refractivity contribution in [3.63, 3.8) is 0 Å². The summed E-state index contributed by atoms with van der Waals surface area (Å²) in [5.41, 5.74) is 0. The van der Waals surface area contributed by atoms with Gasteiger partial charge >= 0.3 is 0 Å². The van der Waals surface area contributed by atoms with Gasteiger partial charge in [-0.3, -0.25) is 4.99 Å². The average Bonchev–Trinajstić information content (AvgIpc) is 3.07. The second-order valence-corrected chi connectivity index (χ2v) is 5.33. The zero-order valence-electron chi connectivity index (χ0n) is 14.4. The summed E-state index contributed by atoms with van der Waals surface area (Å²) in [5, 5.41) is 16.4. The molecule has 7 nitrogen and oxygen atoms in total. The Hall–Kier alpha value is -1.57. The molecule has 0 aliphatic heterocycles. The van der Waals surface area contributed by atoms with Gasteiger partial charge < -0.3 is 29.8 Å². The van der Waals surface area contributed by atoms with Gasteiger partial charge in [0, 0.05) is 39.9 Å². The Bertz CT molecular complexity index is 423. The summed E-state index contributed by atoms with van der Waals surface area (Å²) >= 11 is 0. The molecule has 132 valence electrons. The fraction of sp³-hybridized carbons (Fsp3) is 0.688. The van der Waals surface area contributed by atoms with Gasteiger partial charge in [0.25, 0.3) is 0 Å². The monoisotopic (exact) mass is 326 g/mol. The van der Waals surface area contributed by atoms with Crippen molar-refractivity contribution in [2.75, 3.05) is 53.5 Å². The van der Waals surface area contributed by atoms with Crippen LogP contribution in [0, 0.1) is 0 Å². The number of likely N-dealkylation sites (N-methyl/N-ethyl adjacent to an activating group) is 1. The van der Waals surface area contributed by atoms with Crippen molar-refractivity contribution in [2.45, 2.75) is 19.4 Å². The predicted octanol–water partition coefficient (Wildman–Crippen LogP) is 0.836. The molecule has 0 aliphatic rings. The molecular formula is C16H30N4O3. The average molecular weight is 326 g/mol. The minimum Gasteiger partial charge on any atom is -0.467 e. The predicted molar refractivity (Wildman–Crippen MR) is 91.6 cm³/mol. The van der Waals surface area contributed by atoms with Crippen LogP contribution in [0.2, 0.25) is 0 Å². The van der Waals surface area contributed by atoms with Crippen molar-refractivity contribution in [3.05, 3.63) is 24.2 Å². The number of aliphatic imine (C=N–C) groups is 1. The van der Waals surface area contributed by atoms with Gasteiger partial charge in [0.05, 0.1) is 12.8 Å². The van der Waals surface area contributed by atoms with Crippen LogP contribution in [0.25, 0.3) is 0 Å². The number of furan rings is 1. The van der Waals surface area contributed by atoms with E-state index in [2.05, 4.69) is 27.6 Å². The molecular weight excluding hydrogens is 296 g/mol. The molecule has 23 heavy (non-hydrogen) atoms. The Morgan fingerprint density at radius 3 is 2.91 bits per heavy atom. The summed E-state index contributed by atoms with van der Waals surface area (Å²) in [7, 11) is 3.81. The molecule has 0 fully saturated rings. The van der Waals surface area contributed by atoms with Gasteiger partial charge in [-0.2, -0.15) is 0 Å². The molecule has 0 bridgehead atoms. The van der Waals surface area contributed by atoms with Crippen LogP contribution >= 0.6 is 0 Å². The first-order valence-electron chi connectivity index (χ1n) is 8.08. The Balaban J connectivity index is 2.31. The highest BCUT2D eigenvalue weighted by molar-refractivity contribution is 5.79. The van der Waals surface area contributed by atoms with Gasteiger partial charge in [-0.15, -0.1) is 0 Å². The van der Waals surface area contributed by atoms with Crippen LogP contribution in [0.1, 0.15) is 25.2 Å². The third kappa shape index (κ3) is 8.59. The van der Waals surface area contributed by atoms with Crippen molar-refractivity contribution >= 4 is 5.96 Å². The third-order valence-electron chi connectivity index (χ3n) is 3.31. The largest absolute Gasteiger partial charge is 0.467 e. The topological polar surface area (TPSA) is 82.3 Å². The molecule has 0 saturated heterocycles. The van der Waals surface area contributed by atoms with E-state index in [1.54, 1.807) is 25.5 Å². The van der Waals surface area contributed by atoms with Crippen molar-refractivity contribution in [2.24, 2.45) is 4.99 Å². The number of guanidine groups is 1.